The van der Waals surface area contributed by atoms with E-state index in [0.717, 1.165) is 58.7 Å². The summed E-state index contributed by atoms with van der Waals surface area (Å²) in [6, 6.07) is 16.7. The van der Waals surface area contributed by atoms with E-state index in [1.807, 2.05) is 51.1 Å². The van der Waals surface area contributed by atoms with E-state index in [1.165, 1.54) is 37.3 Å². The van der Waals surface area contributed by atoms with E-state index >= 15 is 0 Å². The molecule has 0 spiro atoms. The van der Waals surface area contributed by atoms with E-state index < -0.39 is 28.5 Å². The Morgan fingerprint density at radius 3 is 2.16 bits per heavy atom. The zero-order valence-corrected chi connectivity index (χ0v) is 27.9. The van der Waals surface area contributed by atoms with Gasteiger partial charge in [-0.1, -0.05) is 49.6 Å². The molecule has 0 saturated heterocycles. The van der Waals surface area contributed by atoms with Gasteiger partial charge in [0.2, 0.25) is 11.8 Å². The van der Waals surface area contributed by atoms with E-state index in [0.29, 0.717) is 11.4 Å². The molecule has 0 radical (unpaired) electrons. The van der Waals surface area contributed by atoms with E-state index in [9.17, 15) is 18.0 Å². The van der Waals surface area contributed by atoms with Gasteiger partial charge < -0.3 is 19.7 Å². The number of methoxy groups -OCH3 is 2. The molecule has 1 fully saturated rings. The van der Waals surface area contributed by atoms with Crippen molar-refractivity contribution in [3.05, 3.63) is 82.9 Å². The number of benzene rings is 3. The van der Waals surface area contributed by atoms with Gasteiger partial charge >= 0.3 is 0 Å². The molecule has 1 saturated carbocycles. The topological polar surface area (TPSA) is 105 Å². The van der Waals surface area contributed by atoms with Gasteiger partial charge in [0.1, 0.15) is 12.6 Å². The van der Waals surface area contributed by atoms with Crippen LogP contribution in [0.1, 0.15) is 61.3 Å². The fourth-order valence-electron chi connectivity index (χ4n) is 5.85. The monoisotopic (exact) mass is 635 g/mol. The summed E-state index contributed by atoms with van der Waals surface area (Å²) in [7, 11) is -1.37. The van der Waals surface area contributed by atoms with Crippen LogP contribution in [0.25, 0.3) is 0 Å². The number of carbonyl (C=O) groups is 2. The second kappa shape index (κ2) is 14.8. The summed E-state index contributed by atoms with van der Waals surface area (Å²) in [6.45, 7) is 7.06. The fourth-order valence-corrected chi connectivity index (χ4v) is 7.26. The first-order chi connectivity index (χ1) is 21.4. The SMILES string of the molecule is COc1ccc(S(=O)(=O)N(CC(=O)N(Cc2ccccc2C)[C@H](C)C(=O)NC2CCCCC2)c2cc(C)cc(C)c2)cc1OC. The number of carbonyl (C=O) groups excluding carboxylic acids is 2. The Hall–Kier alpha value is -4.05. The molecule has 1 aliphatic carbocycles. The largest absolute Gasteiger partial charge is 0.493 e. The lowest BCUT2D eigenvalue weighted by Crippen LogP contribution is -2.53. The summed E-state index contributed by atoms with van der Waals surface area (Å²) in [5, 5.41) is 3.14. The van der Waals surface area contributed by atoms with Crippen molar-refractivity contribution in [1.82, 2.24) is 10.2 Å². The maximum Gasteiger partial charge on any atom is 0.264 e. The number of hydrogen-bond donors (Lipinski definition) is 1. The zero-order valence-electron chi connectivity index (χ0n) is 27.1. The Balaban J connectivity index is 1.74. The quantitative estimate of drug-likeness (QED) is 0.274. The molecule has 9 nitrogen and oxygen atoms in total. The summed E-state index contributed by atoms with van der Waals surface area (Å²) < 4.78 is 40.5. The predicted octanol–water partition coefficient (Wildman–Crippen LogP) is 5.69. The Morgan fingerprint density at radius 1 is 0.889 bits per heavy atom. The molecular formula is C35H45N3O6S. The van der Waals surface area contributed by atoms with Gasteiger partial charge in [-0.05, 0) is 87.1 Å². The van der Waals surface area contributed by atoms with E-state index in [2.05, 4.69) is 5.32 Å². The molecule has 1 atom stereocenters. The molecule has 0 aliphatic heterocycles. The van der Waals surface area contributed by atoms with Crippen molar-refractivity contribution in [2.75, 3.05) is 25.1 Å². The van der Waals surface area contributed by atoms with Gasteiger partial charge in [0.05, 0.1) is 24.8 Å². The first-order valence-electron chi connectivity index (χ1n) is 15.4. The van der Waals surface area contributed by atoms with Crippen LogP contribution in [0.5, 0.6) is 11.5 Å². The Bertz CT molecular complexity index is 1600. The van der Waals surface area contributed by atoms with Crippen LogP contribution >= 0.6 is 0 Å². The molecule has 1 N–H and O–H groups in total. The molecule has 0 aromatic heterocycles. The van der Waals surface area contributed by atoms with Crippen LogP contribution in [0.4, 0.5) is 5.69 Å². The highest BCUT2D eigenvalue weighted by Crippen LogP contribution is 2.33. The third-order valence-corrected chi connectivity index (χ3v) is 10.2. The number of nitrogens with one attached hydrogen (secondary N) is 1. The maximum atomic E-state index is 14.3. The summed E-state index contributed by atoms with van der Waals surface area (Å²) in [4.78, 5) is 29.3. The highest BCUT2D eigenvalue weighted by Gasteiger charge is 2.34. The minimum Gasteiger partial charge on any atom is -0.493 e. The highest BCUT2D eigenvalue weighted by molar-refractivity contribution is 7.92. The molecule has 3 aromatic carbocycles. The van der Waals surface area contributed by atoms with Crippen LogP contribution in [-0.2, 0) is 26.2 Å². The van der Waals surface area contributed by atoms with Gasteiger partial charge in [0.15, 0.2) is 11.5 Å². The molecule has 0 bridgehead atoms. The van der Waals surface area contributed by atoms with Crippen molar-refractivity contribution in [3.8, 4) is 11.5 Å². The van der Waals surface area contributed by atoms with Crippen molar-refractivity contribution in [3.63, 3.8) is 0 Å². The summed E-state index contributed by atoms with van der Waals surface area (Å²) in [5.41, 5.74) is 3.90. The second-order valence-corrected chi connectivity index (χ2v) is 13.7. The van der Waals surface area contributed by atoms with E-state index in [-0.39, 0.29) is 29.1 Å². The predicted molar refractivity (Wildman–Crippen MR) is 176 cm³/mol. The van der Waals surface area contributed by atoms with Gasteiger partial charge in [-0.3, -0.25) is 13.9 Å². The smallest absolute Gasteiger partial charge is 0.264 e. The summed E-state index contributed by atoms with van der Waals surface area (Å²) >= 11 is 0. The van der Waals surface area contributed by atoms with Gasteiger partial charge in [-0.25, -0.2) is 8.42 Å². The Morgan fingerprint density at radius 2 is 1.53 bits per heavy atom. The fraction of sp³-hybridized carbons (Fsp3) is 0.429. The van der Waals surface area contributed by atoms with Crippen molar-refractivity contribution in [2.24, 2.45) is 0 Å². The van der Waals surface area contributed by atoms with Gasteiger partial charge in [-0.2, -0.15) is 0 Å². The first kappa shape index (κ1) is 33.8. The van der Waals surface area contributed by atoms with E-state index in [4.69, 9.17) is 9.47 Å². The van der Waals surface area contributed by atoms with Gasteiger partial charge in [-0.15, -0.1) is 0 Å². The number of nitrogens with zero attached hydrogens (tertiary/aromatic N) is 2. The lowest BCUT2D eigenvalue weighted by molar-refractivity contribution is -0.139. The molecule has 0 unspecified atom stereocenters. The molecule has 1 aliphatic rings. The van der Waals surface area contributed by atoms with Crippen molar-refractivity contribution in [2.45, 2.75) is 83.3 Å². The molecule has 0 heterocycles. The minimum atomic E-state index is -4.27. The molecule has 3 aromatic rings. The van der Waals surface area contributed by atoms with Crippen LogP contribution in [0, 0.1) is 20.8 Å². The molecule has 45 heavy (non-hydrogen) atoms. The third-order valence-electron chi connectivity index (χ3n) is 8.44. The molecule has 10 heteroatoms. The number of rotatable bonds is 12. The normalized spacial score (nSPS) is 14.4. The van der Waals surface area contributed by atoms with Crippen LogP contribution < -0.4 is 19.1 Å². The van der Waals surface area contributed by atoms with Crippen LogP contribution in [0.15, 0.2) is 65.6 Å². The molecule has 242 valence electrons. The standard InChI is InChI=1S/C35H45N3O6S/c1-24-18-25(2)20-30(19-24)38(45(41,42)31-16-17-32(43-5)33(21-31)44-6)23-34(39)37(22-28-13-11-10-12-26(28)3)27(4)35(40)36-29-14-8-7-9-15-29/h10-13,16-21,27,29H,7-9,14-15,22-23H2,1-6H3,(H,36,40)/t27-/m1/s1. The minimum absolute atomic E-state index is 0.0550. The molecule has 4 rings (SSSR count). The van der Waals surface area contributed by atoms with Crippen molar-refractivity contribution < 1.29 is 27.5 Å². The number of aryl methyl sites for hydroxylation is 3. The number of ether oxygens (including phenoxy) is 2. The van der Waals surface area contributed by atoms with Crippen molar-refractivity contribution in [1.29, 1.82) is 0 Å². The average Bonchev–Trinajstić information content (AvgIpc) is 3.02. The lowest BCUT2D eigenvalue weighted by Gasteiger charge is -2.33. The summed E-state index contributed by atoms with van der Waals surface area (Å²) in [6.07, 6.45) is 5.10. The Kier molecular flexibility index (Phi) is 11.1. The van der Waals surface area contributed by atoms with Crippen LogP contribution in [0.3, 0.4) is 0 Å². The zero-order chi connectivity index (χ0) is 32.7. The second-order valence-electron chi connectivity index (χ2n) is 11.8. The van der Waals surface area contributed by atoms with Crippen LogP contribution in [0.2, 0.25) is 0 Å². The molecule has 2 amide bonds. The maximum absolute atomic E-state index is 14.3. The third kappa shape index (κ3) is 8.16. The Labute approximate surface area is 267 Å². The number of anilines is 1. The van der Waals surface area contributed by atoms with Gasteiger partial charge in [0.25, 0.3) is 10.0 Å². The summed E-state index contributed by atoms with van der Waals surface area (Å²) in [5.74, 6) is -0.107. The lowest BCUT2D eigenvalue weighted by atomic mass is 9.95. The average molecular weight is 636 g/mol. The highest BCUT2D eigenvalue weighted by atomic mass is 32.2. The van der Waals surface area contributed by atoms with Crippen molar-refractivity contribution >= 4 is 27.5 Å². The number of sulfonamides is 1. The number of amides is 2. The molecular weight excluding hydrogens is 590 g/mol. The van der Waals surface area contributed by atoms with E-state index in [1.54, 1.807) is 19.1 Å². The first-order valence-corrected chi connectivity index (χ1v) is 16.9. The van der Waals surface area contributed by atoms with Gasteiger partial charge in [0, 0.05) is 18.7 Å². The number of hydrogen-bond acceptors (Lipinski definition) is 6. The van der Waals surface area contributed by atoms with Crippen LogP contribution in [-0.4, -0.2) is 58.0 Å².